The molecule has 0 saturated carbocycles. The molecular weight excluding hydrogens is 319 g/mol. The zero-order valence-corrected chi connectivity index (χ0v) is 13.7. The maximum absolute atomic E-state index is 13.0. The molecule has 0 aliphatic carbocycles. The molecule has 0 aliphatic heterocycles. The van der Waals surface area contributed by atoms with E-state index in [1.165, 1.54) is 0 Å². The Hall–Kier alpha value is -1.97. The lowest BCUT2D eigenvalue weighted by Gasteiger charge is -2.10. The molecule has 3 nitrogen and oxygen atoms in total. The normalized spacial score (nSPS) is 11.1. The molecule has 1 heterocycles. The van der Waals surface area contributed by atoms with Crippen molar-refractivity contribution >= 4 is 45.7 Å². The number of carbonyl (C=O) groups is 1. The standard InChI is InChI=1S/C17H14Cl2N2O/c1-9-10(2)21(15-7-6-11(20)8-12(9)15)17(22)16-13(18)4-3-5-14(16)19/h3-8H,20H2,1-2H3. The van der Waals surface area contributed by atoms with Gasteiger partial charge in [0, 0.05) is 16.8 Å². The Bertz CT molecular complexity index is 892. The monoisotopic (exact) mass is 332 g/mol. The summed E-state index contributed by atoms with van der Waals surface area (Å²) in [5.41, 5.74) is 9.48. The van der Waals surface area contributed by atoms with E-state index in [-0.39, 0.29) is 5.91 Å². The van der Waals surface area contributed by atoms with Crippen LogP contribution in [0.25, 0.3) is 10.9 Å². The zero-order valence-electron chi connectivity index (χ0n) is 12.2. The molecule has 2 aromatic carbocycles. The molecule has 5 heteroatoms. The Kier molecular flexibility index (Phi) is 3.63. The maximum Gasteiger partial charge on any atom is 0.265 e. The smallest absolute Gasteiger partial charge is 0.265 e. The van der Waals surface area contributed by atoms with Gasteiger partial charge in [0.05, 0.1) is 21.1 Å². The summed E-state index contributed by atoms with van der Waals surface area (Å²) in [5.74, 6) is -0.240. The lowest BCUT2D eigenvalue weighted by molar-refractivity contribution is 0.0963. The van der Waals surface area contributed by atoms with E-state index in [9.17, 15) is 4.79 Å². The van der Waals surface area contributed by atoms with Crippen molar-refractivity contribution in [2.45, 2.75) is 13.8 Å². The van der Waals surface area contributed by atoms with Gasteiger partial charge in [0.15, 0.2) is 0 Å². The maximum atomic E-state index is 13.0. The molecule has 1 aromatic heterocycles. The fourth-order valence-electron chi connectivity index (χ4n) is 2.67. The molecule has 0 atom stereocenters. The summed E-state index contributed by atoms with van der Waals surface area (Å²) >= 11 is 12.3. The third-order valence-corrected chi connectivity index (χ3v) is 4.55. The summed E-state index contributed by atoms with van der Waals surface area (Å²) in [6.07, 6.45) is 0. The lowest BCUT2D eigenvalue weighted by Crippen LogP contribution is -2.14. The molecule has 0 unspecified atom stereocenters. The van der Waals surface area contributed by atoms with Gasteiger partial charge in [-0.1, -0.05) is 29.3 Å². The van der Waals surface area contributed by atoms with E-state index in [1.807, 2.05) is 26.0 Å². The van der Waals surface area contributed by atoms with Crippen LogP contribution in [0.15, 0.2) is 36.4 Å². The van der Waals surface area contributed by atoms with Gasteiger partial charge in [-0.25, -0.2) is 0 Å². The number of aryl methyl sites for hydroxylation is 1. The van der Waals surface area contributed by atoms with Gasteiger partial charge in [-0.05, 0) is 49.7 Å². The average molecular weight is 333 g/mol. The van der Waals surface area contributed by atoms with Crippen molar-refractivity contribution in [1.29, 1.82) is 0 Å². The summed E-state index contributed by atoms with van der Waals surface area (Å²) in [6, 6.07) is 10.5. The fraction of sp³-hybridized carbons (Fsp3) is 0.118. The van der Waals surface area contributed by atoms with Crippen LogP contribution < -0.4 is 5.73 Å². The van der Waals surface area contributed by atoms with Gasteiger partial charge in [-0.15, -0.1) is 0 Å². The van der Waals surface area contributed by atoms with Gasteiger partial charge in [-0.2, -0.15) is 0 Å². The van der Waals surface area contributed by atoms with Crippen LogP contribution in [-0.4, -0.2) is 10.5 Å². The quantitative estimate of drug-likeness (QED) is 0.648. The Morgan fingerprint density at radius 3 is 2.36 bits per heavy atom. The highest BCUT2D eigenvalue weighted by atomic mass is 35.5. The van der Waals surface area contributed by atoms with E-state index in [4.69, 9.17) is 28.9 Å². The first kappa shape index (κ1) is 14.9. The molecule has 3 aromatic rings. The van der Waals surface area contributed by atoms with Crippen LogP contribution in [-0.2, 0) is 0 Å². The predicted octanol–water partition coefficient (Wildman–Crippen LogP) is 4.84. The molecule has 2 N–H and O–H groups in total. The van der Waals surface area contributed by atoms with Gasteiger partial charge in [0.1, 0.15) is 0 Å². The Balaban J connectivity index is 2.31. The number of nitrogen functional groups attached to an aromatic ring is 1. The molecule has 3 rings (SSSR count). The molecule has 0 amide bonds. The number of hydrogen-bond donors (Lipinski definition) is 1. The van der Waals surface area contributed by atoms with Crippen LogP contribution in [0.2, 0.25) is 10.0 Å². The molecule has 0 spiro atoms. The second kappa shape index (κ2) is 5.34. The fourth-order valence-corrected chi connectivity index (χ4v) is 3.23. The lowest BCUT2D eigenvalue weighted by atomic mass is 10.1. The van der Waals surface area contributed by atoms with Gasteiger partial charge >= 0.3 is 0 Å². The first-order chi connectivity index (χ1) is 10.4. The van der Waals surface area contributed by atoms with Gasteiger partial charge in [-0.3, -0.25) is 9.36 Å². The van der Waals surface area contributed by atoms with Crippen LogP contribution in [0.3, 0.4) is 0 Å². The minimum atomic E-state index is -0.240. The summed E-state index contributed by atoms with van der Waals surface area (Å²) in [4.78, 5) is 13.0. The van der Waals surface area contributed by atoms with Crippen molar-refractivity contribution in [1.82, 2.24) is 4.57 Å². The Morgan fingerprint density at radius 1 is 1.09 bits per heavy atom. The van der Waals surface area contributed by atoms with Crippen LogP contribution in [0.1, 0.15) is 21.6 Å². The van der Waals surface area contributed by atoms with E-state index >= 15 is 0 Å². The number of fused-ring (bicyclic) bond motifs is 1. The minimum Gasteiger partial charge on any atom is -0.399 e. The summed E-state index contributed by atoms with van der Waals surface area (Å²) in [5, 5.41) is 1.63. The molecule has 0 radical (unpaired) electrons. The number of carbonyl (C=O) groups excluding carboxylic acids is 1. The van der Waals surface area contributed by atoms with Crippen molar-refractivity contribution in [3.8, 4) is 0 Å². The third kappa shape index (κ3) is 2.18. The average Bonchev–Trinajstić information content (AvgIpc) is 2.71. The largest absolute Gasteiger partial charge is 0.399 e. The van der Waals surface area contributed by atoms with E-state index in [1.54, 1.807) is 28.8 Å². The second-order valence-corrected chi connectivity index (χ2v) is 6.04. The van der Waals surface area contributed by atoms with Crippen molar-refractivity contribution < 1.29 is 4.79 Å². The summed E-state index contributed by atoms with van der Waals surface area (Å²) < 4.78 is 1.64. The van der Waals surface area contributed by atoms with Crippen LogP contribution >= 0.6 is 23.2 Å². The van der Waals surface area contributed by atoms with Crippen LogP contribution in [0.4, 0.5) is 5.69 Å². The number of nitrogens with zero attached hydrogens (tertiary/aromatic N) is 1. The molecule has 0 aliphatic rings. The molecule has 22 heavy (non-hydrogen) atoms. The highest BCUT2D eigenvalue weighted by Gasteiger charge is 2.21. The molecule has 0 fully saturated rings. The highest BCUT2D eigenvalue weighted by Crippen LogP contribution is 2.31. The number of anilines is 1. The Labute approximate surface area is 138 Å². The van der Waals surface area contributed by atoms with E-state index in [0.717, 1.165) is 22.2 Å². The van der Waals surface area contributed by atoms with Gasteiger partial charge < -0.3 is 5.73 Å². The Morgan fingerprint density at radius 2 is 1.73 bits per heavy atom. The molecular formula is C17H14Cl2N2O. The highest BCUT2D eigenvalue weighted by molar-refractivity contribution is 6.40. The van der Waals surface area contributed by atoms with E-state index < -0.39 is 0 Å². The number of aromatic nitrogens is 1. The first-order valence-electron chi connectivity index (χ1n) is 6.77. The van der Waals surface area contributed by atoms with Crippen molar-refractivity contribution in [3.05, 3.63) is 63.3 Å². The molecule has 0 bridgehead atoms. The van der Waals surface area contributed by atoms with Gasteiger partial charge in [0.25, 0.3) is 5.91 Å². The van der Waals surface area contributed by atoms with E-state index in [0.29, 0.717) is 21.3 Å². The van der Waals surface area contributed by atoms with Gasteiger partial charge in [0.2, 0.25) is 0 Å². The van der Waals surface area contributed by atoms with Crippen LogP contribution in [0, 0.1) is 13.8 Å². The zero-order chi connectivity index (χ0) is 16.0. The topological polar surface area (TPSA) is 48.0 Å². The predicted molar refractivity (Wildman–Crippen MR) is 92.0 cm³/mol. The second-order valence-electron chi connectivity index (χ2n) is 5.22. The minimum absolute atomic E-state index is 0.240. The van der Waals surface area contributed by atoms with Crippen molar-refractivity contribution in [2.75, 3.05) is 5.73 Å². The first-order valence-corrected chi connectivity index (χ1v) is 7.53. The van der Waals surface area contributed by atoms with E-state index in [2.05, 4.69) is 0 Å². The summed E-state index contributed by atoms with van der Waals surface area (Å²) in [7, 11) is 0. The van der Waals surface area contributed by atoms with Crippen molar-refractivity contribution in [3.63, 3.8) is 0 Å². The van der Waals surface area contributed by atoms with Crippen LogP contribution in [0.5, 0.6) is 0 Å². The molecule has 0 saturated heterocycles. The number of hydrogen-bond acceptors (Lipinski definition) is 2. The number of halogens is 2. The van der Waals surface area contributed by atoms with Crippen molar-refractivity contribution in [2.24, 2.45) is 0 Å². The molecule has 112 valence electrons. The summed E-state index contributed by atoms with van der Waals surface area (Å²) in [6.45, 7) is 3.86. The number of nitrogens with two attached hydrogens (primary N) is 1. The SMILES string of the molecule is Cc1c(C)n(C(=O)c2c(Cl)cccc2Cl)c2ccc(N)cc12. The third-order valence-electron chi connectivity index (χ3n) is 3.92. The number of rotatable bonds is 1. The number of benzene rings is 2.